The van der Waals surface area contributed by atoms with Gasteiger partial charge in [0.2, 0.25) is 0 Å². The van der Waals surface area contributed by atoms with Crippen LogP contribution in [0.25, 0.3) is 0 Å². The van der Waals surface area contributed by atoms with Crippen molar-refractivity contribution >= 4 is 11.9 Å². The second-order valence-electron chi connectivity index (χ2n) is 9.75. The van der Waals surface area contributed by atoms with Crippen LogP contribution in [0.1, 0.15) is 59.8 Å². The Morgan fingerprint density at radius 3 is 2.63 bits per heavy atom. The van der Waals surface area contributed by atoms with Crippen LogP contribution < -0.4 is 0 Å². The Morgan fingerprint density at radius 1 is 1.33 bits per heavy atom. The molecule has 5 heteroatoms. The first-order chi connectivity index (χ1) is 12.6. The van der Waals surface area contributed by atoms with E-state index in [1.54, 1.807) is 0 Å². The van der Waals surface area contributed by atoms with E-state index in [1.165, 1.54) is 32.6 Å². The number of ether oxygens (including phenoxy) is 2. The largest absolute Gasteiger partial charge is 0.465 e. The molecule has 1 unspecified atom stereocenters. The topological polar surface area (TPSA) is 72.8 Å². The van der Waals surface area contributed by atoms with Gasteiger partial charge in [0.05, 0.1) is 13.2 Å². The average Bonchev–Trinajstić information content (AvgIpc) is 3.09. The Morgan fingerprint density at radius 2 is 2.04 bits per heavy atom. The molecule has 1 aliphatic heterocycles. The van der Waals surface area contributed by atoms with Crippen molar-refractivity contribution in [3.05, 3.63) is 12.2 Å². The highest BCUT2D eigenvalue weighted by Crippen LogP contribution is 2.64. The van der Waals surface area contributed by atoms with Crippen molar-refractivity contribution in [2.24, 2.45) is 34.5 Å². The number of fused-ring (bicyclic) bond motifs is 1. The monoisotopic (exact) mass is 378 g/mol. The van der Waals surface area contributed by atoms with E-state index < -0.39 is 18.0 Å². The summed E-state index contributed by atoms with van der Waals surface area (Å²) in [5.74, 6) is -0.659. The first-order valence-electron chi connectivity index (χ1n) is 10.2. The van der Waals surface area contributed by atoms with Gasteiger partial charge in [0, 0.05) is 18.8 Å². The van der Waals surface area contributed by atoms with Gasteiger partial charge in [0.1, 0.15) is 0 Å². The molecule has 0 bridgehead atoms. The maximum atomic E-state index is 11.7. The van der Waals surface area contributed by atoms with Crippen LogP contribution in [0, 0.1) is 34.5 Å². The summed E-state index contributed by atoms with van der Waals surface area (Å²) in [5, 5.41) is 10.3. The fourth-order valence-corrected chi connectivity index (χ4v) is 6.41. The van der Waals surface area contributed by atoms with Gasteiger partial charge < -0.3 is 14.6 Å². The molecule has 5 nitrogen and oxygen atoms in total. The maximum absolute atomic E-state index is 11.7. The molecule has 1 saturated heterocycles. The molecule has 1 heterocycles. The number of carbonyl (C=O) groups is 2. The summed E-state index contributed by atoms with van der Waals surface area (Å²) in [4.78, 5) is 23.2. The van der Waals surface area contributed by atoms with Crippen LogP contribution in [0.5, 0.6) is 0 Å². The minimum absolute atomic E-state index is 0.146. The lowest BCUT2D eigenvalue weighted by molar-refractivity contribution is -0.145. The van der Waals surface area contributed by atoms with E-state index in [0.717, 1.165) is 12.0 Å². The third-order valence-corrected chi connectivity index (χ3v) is 7.79. The van der Waals surface area contributed by atoms with Gasteiger partial charge in [-0.05, 0) is 48.3 Å². The Hall–Kier alpha value is -1.36. The van der Waals surface area contributed by atoms with Gasteiger partial charge in [-0.2, -0.15) is 0 Å². The maximum Gasteiger partial charge on any atom is 0.335 e. The first-order valence-corrected chi connectivity index (χ1v) is 10.2. The van der Waals surface area contributed by atoms with Crippen molar-refractivity contribution in [1.82, 2.24) is 0 Å². The average molecular weight is 379 g/mol. The summed E-state index contributed by atoms with van der Waals surface area (Å²) >= 11 is 0. The number of hydrogen-bond donors (Lipinski definition) is 1. The summed E-state index contributed by atoms with van der Waals surface area (Å²) < 4.78 is 10.4. The molecule has 0 aromatic rings. The van der Waals surface area contributed by atoms with E-state index in [9.17, 15) is 14.7 Å². The quantitative estimate of drug-likeness (QED) is 0.585. The van der Waals surface area contributed by atoms with Gasteiger partial charge in [-0.25, -0.2) is 4.79 Å². The van der Waals surface area contributed by atoms with Crippen LogP contribution in [0.15, 0.2) is 12.2 Å². The third kappa shape index (κ3) is 3.55. The van der Waals surface area contributed by atoms with Crippen LogP contribution in [0.4, 0.5) is 0 Å². The molecule has 0 spiro atoms. The SMILES string of the molecule is C=C([C@H]1CCC2C(C)(C)CCC[C@@]21C)[C@H](COC(C)=O)[C@@H]1COC(=O)[C@@H]1O. The second-order valence-corrected chi connectivity index (χ2v) is 9.75. The Labute approximate surface area is 162 Å². The highest BCUT2D eigenvalue weighted by atomic mass is 16.6. The fraction of sp³-hybridized carbons (Fsp3) is 0.818. The first kappa shape index (κ1) is 20.4. The molecule has 3 aliphatic rings. The van der Waals surface area contributed by atoms with Crippen molar-refractivity contribution in [2.75, 3.05) is 13.2 Å². The van der Waals surface area contributed by atoms with Crippen molar-refractivity contribution in [1.29, 1.82) is 0 Å². The minimum atomic E-state index is -1.17. The number of cyclic esters (lactones) is 1. The van der Waals surface area contributed by atoms with Crippen LogP contribution in [-0.2, 0) is 19.1 Å². The van der Waals surface area contributed by atoms with Gasteiger partial charge in [-0.1, -0.05) is 39.3 Å². The van der Waals surface area contributed by atoms with E-state index in [4.69, 9.17) is 9.47 Å². The second kappa shape index (κ2) is 7.23. The van der Waals surface area contributed by atoms with Crippen molar-refractivity contribution in [3.8, 4) is 0 Å². The molecule has 3 rings (SSSR count). The molecule has 152 valence electrons. The van der Waals surface area contributed by atoms with E-state index in [0.29, 0.717) is 17.3 Å². The molecule has 2 saturated carbocycles. The van der Waals surface area contributed by atoms with Gasteiger partial charge in [-0.3, -0.25) is 4.79 Å². The van der Waals surface area contributed by atoms with Crippen molar-refractivity contribution in [2.45, 2.75) is 65.9 Å². The normalized spacial score (nSPS) is 38.8. The van der Waals surface area contributed by atoms with Crippen LogP contribution >= 0.6 is 0 Å². The Bertz CT molecular complexity index is 624. The standard InChI is InChI=1S/C22H34O5/c1-13(15(11-26-14(2)23)16-12-27-20(25)19(16)24)17-7-8-18-21(3,4)9-6-10-22(17,18)5/h15-19,24H,1,6-12H2,2-5H3/t15-,16-,17+,18?,19+,22+/m0/s1. The zero-order valence-electron chi connectivity index (χ0n) is 17.1. The molecule has 2 aliphatic carbocycles. The predicted molar refractivity (Wildman–Crippen MR) is 102 cm³/mol. The molecule has 0 aromatic carbocycles. The number of aliphatic hydroxyl groups is 1. The summed E-state index contributed by atoms with van der Waals surface area (Å²) in [7, 11) is 0. The summed E-state index contributed by atoms with van der Waals surface area (Å²) in [5.41, 5.74) is 1.50. The lowest BCUT2D eigenvalue weighted by Crippen LogP contribution is -2.43. The highest BCUT2D eigenvalue weighted by Gasteiger charge is 2.56. The van der Waals surface area contributed by atoms with Gasteiger partial charge >= 0.3 is 11.9 Å². The fourth-order valence-electron chi connectivity index (χ4n) is 6.41. The van der Waals surface area contributed by atoms with Gasteiger partial charge in [-0.15, -0.1) is 0 Å². The lowest BCUT2D eigenvalue weighted by Gasteiger charge is -2.50. The van der Waals surface area contributed by atoms with Crippen LogP contribution in [0.3, 0.4) is 0 Å². The molecule has 3 fully saturated rings. The Kier molecular flexibility index (Phi) is 5.46. The predicted octanol–water partition coefficient (Wildman–Crippen LogP) is 3.50. The van der Waals surface area contributed by atoms with E-state index >= 15 is 0 Å². The molecular formula is C22H34O5. The smallest absolute Gasteiger partial charge is 0.335 e. The van der Waals surface area contributed by atoms with E-state index in [1.807, 2.05) is 0 Å². The van der Waals surface area contributed by atoms with Gasteiger partial charge in [0.25, 0.3) is 0 Å². The molecule has 1 N–H and O–H groups in total. The lowest BCUT2D eigenvalue weighted by atomic mass is 9.54. The molecule has 27 heavy (non-hydrogen) atoms. The third-order valence-electron chi connectivity index (χ3n) is 7.79. The summed E-state index contributed by atoms with van der Waals surface area (Å²) in [6.45, 7) is 13.3. The number of esters is 2. The minimum Gasteiger partial charge on any atom is -0.465 e. The molecule has 0 aromatic heterocycles. The summed E-state index contributed by atoms with van der Waals surface area (Å²) in [6.07, 6.45) is 4.72. The van der Waals surface area contributed by atoms with E-state index in [2.05, 4.69) is 27.4 Å². The van der Waals surface area contributed by atoms with Crippen molar-refractivity contribution in [3.63, 3.8) is 0 Å². The van der Waals surface area contributed by atoms with Gasteiger partial charge in [0.15, 0.2) is 6.10 Å². The Balaban J connectivity index is 1.85. The number of carbonyl (C=O) groups excluding carboxylic acids is 2. The molecular weight excluding hydrogens is 344 g/mol. The van der Waals surface area contributed by atoms with Crippen molar-refractivity contribution < 1.29 is 24.2 Å². The molecule has 0 amide bonds. The number of rotatable bonds is 5. The highest BCUT2D eigenvalue weighted by molar-refractivity contribution is 5.76. The number of aliphatic hydroxyl groups excluding tert-OH is 1. The summed E-state index contributed by atoms with van der Waals surface area (Å²) in [6, 6.07) is 0. The van der Waals surface area contributed by atoms with Crippen LogP contribution in [0.2, 0.25) is 0 Å². The van der Waals surface area contributed by atoms with E-state index in [-0.39, 0.29) is 30.5 Å². The number of hydrogen-bond acceptors (Lipinski definition) is 5. The van der Waals surface area contributed by atoms with Crippen LogP contribution in [-0.4, -0.2) is 36.4 Å². The molecule has 6 atom stereocenters. The molecule has 0 radical (unpaired) electrons. The zero-order chi connectivity index (χ0) is 20.0. The zero-order valence-corrected chi connectivity index (χ0v) is 17.1.